The molecular weight excluding hydrogens is 466 g/mol. The Hall–Kier alpha value is -2.98. The number of hydrogen-bond donors (Lipinski definition) is 3. The minimum Gasteiger partial charge on any atom is -0.463 e. The summed E-state index contributed by atoms with van der Waals surface area (Å²) in [5.41, 5.74) is 6.39. The fourth-order valence-electron chi connectivity index (χ4n) is 4.02. The quantitative estimate of drug-likeness (QED) is 0.363. The topological polar surface area (TPSA) is 146 Å². The molecule has 0 saturated carbocycles. The Bertz CT molecular complexity index is 895. The molecule has 0 aromatic heterocycles. The van der Waals surface area contributed by atoms with Crippen LogP contribution in [0, 0.1) is 17.8 Å². The van der Waals surface area contributed by atoms with Crippen molar-refractivity contribution in [2.75, 3.05) is 13.2 Å². The van der Waals surface area contributed by atoms with E-state index in [-0.39, 0.29) is 37.4 Å². The minimum absolute atomic E-state index is 0.0206. The smallest absolute Gasteiger partial charge is 0.302 e. The number of hydrogen-bond acceptors (Lipinski definition) is 7. The zero-order valence-electron chi connectivity index (χ0n) is 21.7. The molecule has 3 unspecified atom stereocenters. The van der Waals surface area contributed by atoms with Crippen LogP contribution in [0.15, 0.2) is 30.3 Å². The second-order valence-electron chi connectivity index (χ2n) is 9.40. The van der Waals surface area contributed by atoms with E-state index in [0.717, 1.165) is 5.56 Å². The van der Waals surface area contributed by atoms with E-state index in [1.807, 2.05) is 44.2 Å². The molecule has 200 valence electrons. The van der Waals surface area contributed by atoms with Gasteiger partial charge >= 0.3 is 5.97 Å². The van der Waals surface area contributed by atoms with E-state index in [2.05, 4.69) is 10.6 Å². The van der Waals surface area contributed by atoms with Crippen LogP contribution in [0.4, 0.5) is 0 Å². The van der Waals surface area contributed by atoms with Gasteiger partial charge in [0.15, 0.2) is 6.29 Å². The van der Waals surface area contributed by atoms with Gasteiger partial charge in [-0.1, -0.05) is 58.0 Å². The molecule has 0 spiro atoms. The fraction of sp³-hybridized carbons (Fsp3) is 0.615. The lowest BCUT2D eigenvalue weighted by Crippen LogP contribution is -2.59. The van der Waals surface area contributed by atoms with Crippen molar-refractivity contribution in [2.45, 2.75) is 71.9 Å². The van der Waals surface area contributed by atoms with Crippen LogP contribution in [-0.4, -0.2) is 61.4 Å². The first kappa shape index (κ1) is 29.3. The van der Waals surface area contributed by atoms with Gasteiger partial charge in [-0.25, -0.2) is 0 Å². The molecule has 1 aliphatic rings. The molecule has 2 rings (SSSR count). The standard InChI is InChI=1S/C26H39N3O7/c1-6-22(31)29-23-17(4)16(3)21(14-34-18(5)30)36-26(23)35-13-15(2)25(33)28-20(24(27)32)12-19-10-8-7-9-11-19/h7-11,15-17,20-21,23,26H,6,12-14H2,1-5H3,(H2,27,32)(H,28,33)(H,29,31)/t15-,16-,17?,20-,21?,23-,26?/m0/s1. The molecule has 3 amide bonds. The number of nitrogens with one attached hydrogen (secondary N) is 2. The Morgan fingerprint density at radius 3 is 2.36 bits per heavy atom. The predicted octanol–water partition coefficient (Wildman–Crippen LogP) is 1.31. The lowest BCUT2D eigenvalue weighted by molar-refractivity contribution is -0.246. The normalized spacial score (nSPS) is 25.3. The van der Waals surface area contributed by atoms with E-state index in [4.69, 9.17) is 19.9 Å². The van der Waals surface area contributed by atoms with Gasteiger partial charge in [-0.05, 0) is 17.4 Å². The molecular formula is C26H39N3O7. The number of rotatable bonds is 12. The number of esters is 1. The van der Waals surface area contributed by atoms with Crippen molar-refractivity contribution in [1.29, 1.82) is 0 Å². The Kier molecular flexibility index (Phi) is 11.3. The van der Waals surface area contributed by atoms with Gasteiger partial charge in [-0.2, -0.15) is 0 Å². The maximum absolute atomic E-state index is 12.8. The highest BCUT2D eigenvalue weighted by molar-refractivity contribution is 5.87. The first-order chi connectivity index (χ1) is 17.0. The van der Waals surface area contributed by atoms with Crippen LogP contribution >= 0.6 is 0 Å². The molecule has 0 aliphatic carbocycles. The zero-order valence-corrected chi connectivity index (χ0v) is 21.7. The third kappa shape index (κ3) is 8.60. The van der Waals surface area contributed by atoms with E-state index in [0.29, 0.717) is 6.42 Å². The van der Waals surface area contributed by atoms with Crippen molar-refractivity contribution in [3.8, 4) is 0 Å². The Morgan fingerprint density at radius 2 is 1.78 bits per heavy atom. The molecule has 10 nitrogen and oxygen atoms in total. The molecule has 36 heavy (non-hydrogen) atoms. The van der Waals surface area contributed by atoms with Gasteiger partial charge in [-0.15, -0.1) is 0 Å². The minimum atomic E-state index is -0.862. The number of ether oxygens (including phenoxy) is 3. The molecule has 7 atom stereocenters. The molecule has 0 bridgehead atoms. The zero-order chi connectivity index (χ0) is 26.8. The van der Waals surface area contributed by atoms with E-state index in [1.165, 1.54) is 6.92 Å². The highest BCUT2D eigenvalue weighted by Crippen LogP contribution is 2.32. The lowest BCUT2D eigenvalue weighted by atomic mass is 9.82. The molecule has 1 aromatic carbocycles. The summed E-state index contributed by atoms with van der Waals surface area (Å²) in [6.45, 7) is 8.73. The molecule has 1 aliphatic heterocycles. The summed E-state index contributed by atoms with van der Waals surface area (Å²) in [5.74, 6) is -2.29. The SMILES string of the molecule is CCC(=O)N[C@@H]1C(OC[C@H](C)C(=O)N[C@@H](Cc2ccccc2)C(N)=O)OC(COC(C)=O)[C@@H](C)C1C. The molecule has 4 N–H and O–H groups in total. The van der Waals surface area contributed by atoms with Gasteiger partial charge in [0.2, 0.25) is 17.7 Å². The van der Waals surface area contributed by atoms with E-state index in [1.54, 1.807) is 13.8 Å². The van der Waals surface area contributed by atoms with Crippen LogP contribution in [0.25, 0.3) is 0 Å². The summed E-state index contributed by atoms with van der Waals surface area (Å²) in [4.78, 5) is 48.2. The van der Waals surface area contributed by atoms with Crippen molar-refractivity contribution in [3.05, 3.63) is 35.9 Å². The van der Waals surface area contributed by atoms with Crippen LogP contribution < -0.4 is 16.4 Å². The summed E-state index contributed by atoms with van der Waals surface area (Å²) in [6.07, 6.45) is -0.702. The summed E-state index contributed by atoms with van der Waals surface area (Å²) < 4.78 is 17.2. The summed E-state index contributed by atoms with van der Waals surface area (Å²) >= 11 is 0. The van der Waals surface area contributed by atoms with E-state index >= 15 is 0 Å². The van der Waals surface area contributed by atoms with Gasteiger partial charge in [0, 0.05) is 19.8 Å². The Morgan fingerprint density at radius 1 is 1.11 bits per heavy atom. The number of benzene rings is 1. The van der Waals surface area contributed by atoms with Crippen molar-refractivity contribution in [2.24, 2.45) is 23.5 Å². The third-order valence-corrected chi connectivity index (χ3v) is 6.58. The van der Waals surface area contributed by atoms with Crippen LogP contribution in [-0.2, 0) is 39.8 Å². The number of carbonyl (C=O) groups is 4. The van der Waals surface area contributed by atoms with Gasteiger partial charge in [0.25, 0.3) is 0 Å². The maximum Gasteiger partial charge on any atom is 0.302 e. The first-order valence-corrected chi connectivity index (χ1v) is 12.4. The summed E-state index contributed by atoms with van der Waals surface area (Å²) in [5, 5.41) is 5.65. The van der Waals surface area contributed by atoms with Crippen LogP contribution in [0.2, 0.25) is 0 Å². The Balaban J connectivity index is 2.04. The Labute approximate surface area is 212 Å². The van der Waals surface area contributed by atoms with Crippen molar-refractivity contribution in [3.63, 3.8) is 0 Å². The molecule has 0 radical (unpaired) electrons. The number of amides is 3. The van der Waals surface area contributed by atoms with Gasteiger partial charge in [0.05, 0.1) is 24.7 Å². The largest absolute Gasteiger partial charge is 0.463 e. The average molecular weight is 506 g/mol. The monoisotopic (exact) mass is 505 g/mol. The number of nitrogens with two attached hydrogens (primary N) is 1. The van der Waals surface area contributed by atoms with E-state index < -0.39 is 48.2 Å². The van der Waals surface area contributed by atoms with Crippen LogP contribution in [0.5, 0.6) is 0 Å². The lowest BCUT2D eigenvalue weighted by Gasteiger charge is -2.44. The molecule has 10 heteroatoms. The van der Waals surface area contributed by atoms with Crippen molar-refractivity contribution < 1.29 is 33.4 Å². The van der Waals surface area contributed by atoms with Gasteiger partial charge in [-0.3, -0.25) is 19.2 Å². The first-order valence-electron chi connectivity index (χ1n) is 12.4. The van der Waals surface area contributed by atoms with Gasteiger partial charge < -0.3 is 30.6 Å². The predicted molar refractivity (Wildman–Crippen MR) is 132 cm³/mol. The van der Waals surface area contributed by atoms with Crippen molar-refractivity contribution >= 4 is 23.7 Å². The molecule has 1 aromatic rings. The maximum atomic E-state index is 12.8. The highest BCUT2D eigenvalue weighted by atomic mass is 16.7. The molecule has 1 fully saturated rings. The van der Waals surface area contributed by atoms with Crippen molar-refractivity contribution in [1.82, 2.24) is 10.6 Å². The van der Waals surface area contributed by atoms with Gasteiger partial charge in [0.1, 0.15) is 12.6 Å². The second kappa shape index (κ2) is 13.9. The third-order valence-electron chi connectivity index (χ3n) is 6.58. The van der Waals surface area contributed by atoms with Crippen LogP contribution in [0.3, 0.4) is 0 Å². The molecule has 1 heterocycles. The number of carbonyl (C=O) groups excluding carboxylic acids is 4. The second-order valence-corrected chi connectivity index (χ2v) is 9.40. The van der Waals surface area contributed by atoms with Crippen LogP contribution in [0.1, 0.15) is 46.6 Å². The highest BCUT2D eigenvalue weighted by Gasteiger charge is 2.43. The average Bonchev–Trinajstić information content (AvgIpc) is 2.85. The van der Waals surface area contributed by atoms with E-state index in [9.17, 15) is 19.2 Å². The fourth-order valence-corrected chi connectivity index (χ4v) is 4.02. The molecule has 1 saturated heterocycles. The summed E-state index contributed by atoms with van der Waals surface area (Å²) in [7, 11) is 0. The number of primary amides is 1. The summed E-state index contributed by atoms with van der Waals surface area (Å²) in [6, 6.07) is 7.96.